The van der Waals surface area contributed by atoms with Crippen molar-refractivity contribution in [2.45, 2.75) is 36.5 Å². The summed E-state index contributed by atoms with van der Waals surface area (Å²) < 4.78 is 80.6. The molecule has 0 saturated carbocycles. The van der Waals surface area contributed by atoms with E-state index in [0.29, 0.717) is 40.0 Å². The SMILES string of the molecule is Cn1cnc(-c2cc(S(=O)(=O)NCCOCCOc3ccc4c(c3)CN([C@H]3CCC(=O)NC3=O)C4=O)ccc2Nc2ccc(C(F)(F)F)cn2)c1. The number of aryl methyl sites for hydroxylation is 1. The van der Waals surface area contributed by atoms with Crippen molar-refractivity contribution in [3.8, 4) is 17.0 Å². The van der Waals surface area contributed by atoms with E-state index in [1.807, 2.05) is 0 Å². The van der Waals surface area contributed by atoms with Crippen LogP contribution in [0.25, 0.3) is 11.3 Å². The first kappa shape index (κ1) is 35.5. The molecule has 1 saturated heterocycles. The van der Waals surface area contributed by atoms with Crippen molar-refractivity contribution in [1.29, 1.82) is 0 Å². The summed E-state index contributed by atoms with van der Waals surface area (Å²) in [5.41, 5.74) is 1.45. The number of piperidine rings is 1. The summed E-state index contributed by atoms with van der Waals surface area (Å²) in [6.45, 7) is 0.490. The Morgan fingerprint density at radius 3 is 2.53 bits per heavy atom. The molecule has 268 valence electrons. The standard InChI is InChI=1S/C33H32F3N7O7S/c1-42-18-27(38-19-42)25-15-23(4-6-26(25)40-29-8-2-21(16-37-29)33(34,35)36)51(47,48)39-10-11-49-12-13-50-22-3-5-24-20(14-22)17-43(32(24)46)28-7-9-30(44)41-31(28)45/h2-6,8,14-16,18-19,28,39H,7,9-13,17H2,1H3,(H,37,40)(H,41,44,45)/t28-/m0/s1. The number of alkyl halides is 3. The van der Waals surface area contributed by atoms with E-state index in [9.17, 15) is 36.0 Å². The molecular formula is C33H32F3N7O7S. The second-order valence-corrected chi connectivity index (χ2v) is 13.5. The van der Waals surface area contributed by atoms with Crippen molar-refractivity contribution in [2.24, 2.45) is 7.05 Å². The molecule has 2 aliphatic heterocycles. The second-order valence-electron chi connectivity index (χ2n) is 11.8. The molecule has 0 unspecified atom stereocenters. The number of aromatic nitrogens is 3. The van der Waals surface area contributed by atoms with Crippen molar-refractivity contribution in [2.75, 3.05) is 31.7 Å². The molecule has 2 aromatic heterocycles. The molecule has 51 heavy (non-hydrogen) atoms. The van der Waals surface area contributed by atoms with Crippen LogP contribution in [0.4, 0.5) is 24.7 Å². The van der Waals surface area contributed by atoms with Crippen LogP contribution in [0.3, 0.4) is 0 Å². The first-order valence-electron chi connectivity index (χ1n) is 15.7. The van der Waals surface area contributed by atoms with Gasteiger partial charge in [-0.2, -0.15) is 13.2 Å². The summed E-state index contributed by atoms with van der Waals surface area (Å²) in [7, 11) is -2.26. The number of benzene rings is 2. The van der Waals surface area contributed by atoms with Gasteiger partial charge in [0.15, 0.2) is 0 Å². The summed E-state index contributed by atoms with van der Waals surface area (Å²) in [4.78, 5) is 46.1. The molecule has 3 amide bonds. The lowest BCUT2D eigenvalue weighted by Crippen LogP contribution is -2.52. The second kappa shape index (κ2) is 14.5. The Labute approximate surface area is 290 Å². The fourth-order valence-electron chi connectivity index (χ4n) is 5.63. The number of carbonyl (C=O) groups is 3. The number of hydrogen-bond donors (Lipinski definition) is 3. The average molecular weight is 728 g/mol. The van der Waals surface area contributed by atoms with E-state index < -0.39 is 33.7 Å². The number of pyridine rings is 1. The minimum atomic E-state index is -4.54. The Kier molecular flexibility index (Phi) is 10.1. The van der Waals surface area contributed by atoms with Gasteiger partial charge in [0.05, 0.1) is 35.7 Å². The number of fused-ring (bicyclic) bond motifs is 1. The van der Waals surface area contributed by atoms with Crippen LogP contribution < -0.4 is 20.1 Å². The number of nitrogens with one attached hydrogen (secondary N) is 3. The summed E-state index contributed by atoms with van der Waals surface area (Å²) >= 11 is 0. The third-order valence-corrected chi connectivity index (χ3v) is 9.62. The molecule has 2 aromatic carbocycles. The highest BCUT2D eigenvalue weighted by Gasteiger charge is 2.39. The number of carbonyl (C=O) groups excluding carboxylic acids is 3. The van der Waals surface area contributed by atoms with Crippen LogP contribution in [-0.4, -0.2) is 78.0 Å². The summed E-state index contributed by atoms with van der Waals surface area (Å²) in [6, 6.07) is 10.6. The lowest BCUT2D eigenvalue weighted by Gasteiger charge is -2.29. The molecule has 4 heterocycles. The molecule has 0 aliphatic carbocycles. The van der Waals surface area contributed by atoms with Gasteiger partial charge in [-0.1, -0.05) is 0 Å². The Balaban J connectivity index is 0.998. The number of nitrogens with zero attached hydrogens (tertiary/aromatic N) is 4. The monoisotopic (exact) mass is 727 g/mol. The normalized spacial score (nSPS) is 16.3. The molecule has 2 aliphatic rings. The molecular weight excluding hydrogens is 695 g/mol. The maximum atomic E-state index is 13.1. The van der Waals surface area contributed by atoms with Gasteiger partial charge < -0.3 is 24.3 Å². The average Bonchev–Trinajstić information content (AvgIpc) is 3.66. The highest BCUT2D eigenvalue weighted by atomic mass is 32.2. The molecule has 0 spiro atoms. The van der Waals surface area contributed by atoms with E-state index >= 15 is 0 Å². The minimum absolute atomic E-state index is 0.0362. The number of halogens is 3. The third kappa shape index (κ3) is 8.19. The first-order chi connectivity index (χ1) is 24.3. The number of ether oxygens (including phenoxy) is 2. The van der Waals surface area contributed by atoms with Gasteiger partial charge in [-0.05, 0) is 60.5 Å². The molecule has 4 aromatic rings. The highest BCUT2D eigenvalue weighted by molar-refractivity contribution is 7.89. The Bertz CT molecular complexity index is 2070. The van der Waals surface area contributed by atoms with Crippen LogP contribution in [0.2, 0.25) is 0 Å². The summed E-state index contributed by atoms with van der Waals surface area (Å²) in [5, 5.41) is 5.21. The van der Waals surface area contributed by atoms with Gasteiger partial charge >= 0.3 is 6.18 Å². The van der Waals surface area contributed by atoms with Gasteiger partial charge in [-0.3, -0.25) is 19.7 Å². The van der Waals surface area contributed by atoms with E-state index in [-0.39, 0.29) is 68.3 Å². The van der Waals surface area contributed by atoms with E-state index in [1.165, 1.54) is 35.5 Å². The van der Waals surface area contributed by atoms with Gasteiger partial charge in [0.25, 0.3) is 5.91 Å². The number of imidazole rings is 1. The maximum absolute atomic E-state index is 13.1. The zero-order valence-corrected chi connectivity index (χ0v) is 27.9. The summed E-state index contributed by atoms with van der Waals surface area (Å²) in [5.74, 6) is -0.510. The van der Waals surface area contributed by atoms with Gasteiger partial charge in [0.2, 0.25) is 21.8 Å². The topological polar surface area (TPSA) is 174 Å². The fourth-order valence-corrected chi connectivity index (χ4v) is 6.67. The Morgan fingerprint density at radius 2 is 1.82 bits per heavy atom. The fraction of sp³-hybridized carbons (Fsp3) is 0.303. The van der Waals surface area contributed by atoms with E-state index in [0.717, 1.165) is 6.07 Å². The number of rotatable bonds is 13. The lowest BCUT2D eigenvalue weighted by atomic mass is 10.0. The van der Waals surface area contributed by atoms with Gasteiger partial charge in [-0.25, -0.2) is 23.1 Å². The van der Waals surface area contributed by atoms with Crippen molar-refractivity contribution in [3.05, 3.63) is 83.9 Å². The molecule has 6 rings (SSSR count). The molecule has 1 fully saturated rings. The van der Waals surface area contributed by atoms with Crippen molar-refractivity contribution >= 4 is 39.3 Å². The Hall–Kier alpha value is -5.33. The largest absolute Gasteiger partial charge is 0.491 e. The number of hydrogen-bond acceptors (Lipinski definition) is 10. The van der Waals surface area contributed by atoms with Crippen LogP contribution in [0.15, 0.2) is 72.1 Å². The quantitative estimate of drug-likeness (QED) is 0.137. The zero-order valence-electron chi connectivity index (χ0n) is 27.1. The lowest BCUT2D eigenvalue weighted by molar-refractivity contribution is -0.138. The van der Waals surface area contributed by atoms with Crippen molar-refractivity contribution in [1.82, 2.24) is 29.5 Å². The zero-order chi connectivity index (χ0) is 36.3. The van der Waals surface area contributed by atoms with Gasteiger partial charge in [-0.15, -0.1) is 0 Å². The number of amides is 3. The van der Waals surface area contributed by atoms with Crippen LogP contribution in [-0.2, 0) is 44.1 Å². The Morgan fingerprint density at radius 1 is 1.00 bits per heavy atom. The number of sulfonamides is 1. The van der Waals surface area contributed by atoms with E-state index in [4.69, 9.17) is 9.47 Å². The molecule has 1 atom stereocenters. The number of imide groups is 1. The van der Waals surface area contributed by atoms with Crippen LogP contribution in [0, 0.1) is 0 Å². The molecule has 0 radical (unpaired) electrons. The maximum Gasteiger partial charge on any atom is 0.417 e. The highest BCUT2D eigenvalue weighted by Crippen LogP contribution is 2.33. The molecule has 14 nitrogen and oxygen atoms in total. The van der Waals surface area contributed by atoms with Crippen LogP contribution in [0.5, 0.6) is 5.75 Å². The molecule has 18 heteroatoms. The van der Waals surface area contributed by atoms with E-state index in [2.05, 4.69) is 25.3 Å². The minimum Gasteiger partial charge on any atom is -0.491 e. The third-order valence-electron chi connectivity index (χ3n) is 8.17. The van der Waals surface area contributed by atoms with Crippen molar-refractivity contribution < 1.29 is 45.4 Å². The molecule has 0 bridgehead atoms. The number of anilines is 2. The van der Waals surface area contributed by atoms with Gasteiger partial charge in [0, 0.05) is 55.8 Å². The predicted molar refractivity (Wildman–Crippen MR) is 175 cm³/mol. The van der Waals surface area contributed by atoms with Gasteiger partial charge in [0.1, 0.15) is 24.2 Å². The molecule has 3 N–H and O–H groups in total. The summed E-state index contributed by atoms with van der Waals surface area (Å²) in [6.07, 6.45) is -0.206. The van der Waals surface area contributed by atoms with Crippen LogP contribution >= 0.6 is 0 Å². The predicted octanol–water partition coefficient (Wildman–Crippen LogP) is 3.38. The van der Waals surface area contributed by atoms with Crippen LogP contribution in [0.1, 0.15) is 34.3 Å². The van der Waals surface area contributed by atoms with E-state index in [1.54, 1.807) is 36.0 Å². The first-order valence-corrected chi connectivity index (χ1v) is 17.2. The smallest absolute Gasteiger partial charge is 0.417 e. The van der Waals surface area contributed by atoms with Crippen molar-refractivity contribution in [3.63, 3.8) is 0 Å².